The van der Waals surface area contributed by atoms with Crippen LogP contribution in [-0.2, 0) is 11.3 Å². The number of nitrogens with zero attached hydrogens (tertiary/aromatic N) is 4. The standard InChI is InChI=1S/C15H20N4O3/c1-11-14(6-13(22-11)8-21-2)15(20)18-5-3-4-12(7-18)19-10-16-9-17-19/h6,9-10,12H,3-5,7-8H2,1-2H3. The van der Waals surface area contributed by atoms with Crippen molar-refractivity contribution in [2.75, 3.05) is 20.2 Å². The predicted molar refractivity (Wildman–Crippen MR) is 78.4 cm³/mol. The Bertz CT molecular complexity index is 635. The molecule has 118 valence electrons. The third-order valence-electron chi connectivity index (χ3n) is 3.98. The molecule has 0 radical (unpaired) electrons. The van der Waals surface area contributed by atoms with Gasteiger partial charge in [0.25, 0.3) is 5.91 Å². The van der Waals surface area contributed by atoms with Gasteiger partial charge in [0, 0.05) is 20.2 Å². The molecule has 1 unspecified atom stereocenters. The molecule has 1 aliphatic rings. The molecule has 1 aliphatic heterocycles. The van der Waals surface area contributed by atoms with E-state index in [-0.39, 0.29) is 11.9 Å². The van der Waals surface area contributed by atoms with E-state index in [4.69, 9.17) is 9.15 Å². The fourth-order valence-electron chi connectivity index (χ4n) is 2.90. The van der Waals surface area contributed by atoms with Gasteiger partial charge in [0.2, 0.25) is 0 Å². The van der Waals surface area contributed by atoms with Crippen molar-refractivity contribution >= 4 is 5.91 Å². The van der Waals surface area contributed by atoms with Gasteiger partial charge in [0.05, 0.1) is 11.6 Å². The van der Waals surface area contributed by atoms with Gasteiger partial charge in [-0.15, -0.1) is 0 Å². The molecule has 7 heteroatoms. The summed E-state index contributed by atoms with van der Waals surface area (Å²) in [5, 5.41) is 4.18. The Kier molecular flexibility index (Phi) is 4.24. The predicted octanol–water partition coefficient (Wildman–Crippen LogP) is 1.80. The van der Waals surface area contributed by atoms with Gasteiger partial charge >= 0.3 is 0 Å². The van der Waals surface area contributed by atoms with E-state index in [1.165, 1.54) is 6.33 Å². The van der Waals surface area contributed by atoms with Crippen molar-refractivity contribution in [2.24, 2.45) is 0 Å². The fraction of sp³-hybridized carbons (Fsp3) is 0.533. The Labute approximate surface area is 128 Å². The summed E-state index contributed by atoms with van der Waals surface area (Å²) in [6, 6.07) is 1.96. The number of aromatic nitrogens is 3. The van der Waals surface area contributed by atoms with Crippen LogP contribution in [0.25, 0.3) is 0 Å². The van der Waals surface area contributed by atoms with E-state index in [2.05, 4.69) is 10.1 Å². The molecule has 1 fully saturated rings. The van der Waals surface area contributed by atoms with Crippen LogP contribution in [0.1, 0.15) is 40.8 Å². The number of amides is 1. The zero-order valence-corrected chi connectivity index (χ0v) is 12.9. The summed E-state index contributed by atoms with van der Waals surface area (Å²) in [7, 11) is 1.60. The van der Waals surface area contributed by atoms with E-state index in [0.717, 1.165) is 19.4 Å². The Hall–Kier alpha value is -2.15. The molecule has 7 nitrogen and oxygen atoms in total. The summed E-state index contributed by atoms with van der Waals surface area (Å²) in [4.78, 5) is 18.6. The number of likely N-dealkylation sites (tertiary alicyclic amines) is 1. The first-order valence-corrected chi connectivity index (χ1v) is 7.40. The van der Waals surface area contributed by atoms with Crippen molar-refractivity contribution < 1.29 is 13.9 Å². The van der Waals surface area contributed by atoms with E-state index in [1.54, 1.807) is 19.5 Å². The topological polar surface area (TPSA) is 73.4 Å². The lowest BCUT2D eigenvalue weighted by Gasteiger charge is -2.32. The molecule has 0 N–H and O–H groups in total. The molecular weight excluding hydrogens is 284 g/mol. The minimum Gasteiger partial charge on any atom is -0.463 e. The molecule has 0 bridgehead atoms. The molecule has 0 saturated carbocycles. The average Bonchev–Trinajstić information content (AvgIpc) is 3.17. The zero-order chi connectivity index (χ0) is 15.5. The third-order valence-corrected chi connectivity index (χ3v) is 3.98. The maximum Gasteiger partial charge on any atom is 0.257 e. The van der Waals surface area contributed by atoms with Gasteiger partial charge in [-0.2, -0.15) is 5.10 Å². The molecule has 2 aromatic rings. The molecule has 1 saturated heterocycles. The van der Waals surface area contributed by atoms with Crippen molar-refractivity contribution in [1.82, 2.24) is 19.7 Å². The maximum atomic E-state index is 12.7. The van der Waals surface area contributed by atoms with Crippen molar-refractivity contribution in [3.05, 3.63) is 35.8 Å². The lowest BCUT2D eigenvalue weighted by atomic mass is 10.0. The number of hydrogen-bond acceptors (Lipinski definition) is 5. The second-order valence-corrected chi connectivity index (χ2v) is 5.54. The third kappa shape index (κ3) is 2.89. The van der Waals surface area contributed by atoms with Crippen LogP contribution in [0, 0.1) is 6.92 Å². The van der Waals surface area contributed by atoms with Crippen LogP contribution in [0.15, 0.2) is 23.1 Å². The van der Waals surface area contributed by atoms with Crippen molar-refractivity contribution in [3.63, 3.8) is 0 Å². The first kappa shape index (κ1) is 14.8. The highest BCUT2D eigenvalue weighted by Crippen LogP contribution is 2.24. The molecule has 22 heavy (non-hydrogen) atoms. The second-order valence-electron chi connectivity index (χ2n) is 5.54. The van der Waals surface area contributed by atoms with Crippen LogP contribution >= 0.6 is 0 Å². The van der Waals surface area contributed by atoms with Crippen LogP contribution in [-0.4, -0.2) is 45.8 Å². The number of furan rings is 1. The van der Waals surface area contributed by atoms with Gasteiger partial charge in [-0.1, -0.05) is 0 Å². The molecular formula is C15H20N4O3. The van der Waals surface area contributed by atoms with Crippen molar-refractivity contribution in [3.8, 4) is 0 Å². The molecule has 0 aliphatic carbocycles. The number of ether oxygens (including phenoxy) is 1. The van der Waals surface area contributed by atoms with E-state index in [1.807, 2.05) is 16.5 Å². The van der Waals surface area contributed by atoms with Crippen LogP contribution < -0.4 is 0 Å². The highest BCUT2D eigenvalue weighted by Gasteiger charge is 2.28. The average molecular weight is 304 g/mol. The van der Waals surface area contributed by atoms with Crippen LogP contribution in [0.4, 0.5) is 0 Å². The minimum atomic E-state index is 0.00779. The summed E-state index contributed by atoms with van der Waals surface area (Å²) in [6.07, 6.45) is 5.20. The van der Waals surface area contributed by atoms with Gasteiger partial charge < -0.3 is 14.1 Å². The maximum absolute atomic E-state index is 12.7. The quantitative estimate of drug-likeness (QED) is 0.861. The Morgan fingerprint density at radius 1 is 1.55 bits per heavy atom. The zero-order valence-electron chi connectivity index (χ0n) is 12.9. The Morgan fingerprint density at radius 3 is 3.14 bits per heavy atom. The van der Waals surface area contributed by atoms with Gasteiger partial charge in [-0.25, -0.2) is 9.67 Å². The van der Waals surface area contributed by atoms with Crippen LogP contribution in [0.5, 0.6) is 0 Å². The molecule has 1 amide bonds. The van der Waals surface area contributed by atoms with E-state index in [9.17, 15) is 4.79 Å². The number of piperidine rings is 1. The lowest BCUT2D eigenvalue weighted by Crippen LogP contribution is -2.40. The van der Waals surface area contributed by atoms with Crippen LogP contribution in [0.3, 0.4) is 0 Å². The summed E-state index contributed by atoms with van der Waals surface area (Å²) in [5.41, 5.74) is 0.617. The highest BCUT2D eigenvalue weighted by atomic mass is 16.5. The van der Waals surface area contributed by atoms with Crippen molar-refractivity contribution in [1.29, 1.82) is 0 Å². The summed E-state index contributed by atoms with van der Waals surface area (Å²) < 4.78 is 12.4. The van der Waals surface area contributed by atoms with Gasteiger partial charge in [0.1, 0.15) is 30.8 Å². The van der Waals surface area contributed by atoms with E-state index >= 15 is 0 Å². The Balaban J connectivity index is 1.74. The number of aryl methyl sites for hydroxylation is 1. The first-order chi connectivity index (χ1) is 10.7. The smallest absolute Gasteiger partial charge is 0.257 e. The van der Waals surface area contributed by atoms with E-state index in [0.29, 0.717) is 30.2 Å². The minimum absolute atomic E-state index is 0.00779. The summed E-state index contributed by atoms with van der Waals surface area (Å²) in [6.45, 7) is 3.58. The molecule has 3 heterocycles. The Morgan fingerprint density at radius 2 is 2.41 bits per heavy atom. The number of rotatable bonds is 4. The summed E-state index contributed by atoms with van der Waals surface area (Å²) >= 11 is 0. The molecule has 1 atom stereocenters. The monoisotopic (exact) mass is 304 g/mol. The number of methoxy groups -OCH3 is 1. The van der Waals surface area contributed by atoms with Gasteiger partial charge in [-0.3, -0.25) is 4.79 Å². The molecule has 2 aromatic heterocycles. The largest absolute Gasteiger partial charge is 0.463 e. The molecule has 0 spiro atoms. The SMILES string of the molecule is COCc1cc(C(=O)N2CCCC(n3cncn3)C2)c(C)o1. The number of carbonyl (C=O) groups excluding carboxylic acids is 1. The normalized spacial score (nSPS) is 18.6. The molecule has 3 rings (SSSR count). The second kappa shape index (κ2) is 6.31. The fourth-order valence-corrected chi connectivity index (χ4v) is 2.90. The van der Waals surface area contributed by atoms with Gasteiger partial charge in [0.15, 0.2) is 0 Å². The van der Waals surface area contributed by atoms with Crippen molar-refractivity contribution in [2.45, 2.75) is 32.4 Å². The molecule has 0 aromatic carbocycles. The van der Waals surface area contributed by atoms with Crippen LogP contribution in [0.2, 0.25) is 0 Å². The van der Waals surface area contributed by atoms with Gasteiger partial charge in [-0.05, 0) is 25.8 Å². The lowest BCUT2D eigenvalue weighted by molar-refractivity contribution is 0.0671. The number of hydrogen-bond donors (Lipinski definition) is 0. The first-order valence-electron chi connectivity index (χ1n) is 7.40. The highest BCUT2D eigenvalue weighted by molar-refractivity contribution is 5.95. The number of carbonyl (C=O) groups is 1. The van der Waals surface area contributed by atoms with E-state index < -0.39 is 0 Å². The summed E-state index contributed by atoms with van der Waals surface area (Å²) in [5.74, 6) is 1.32.